The number of hydroxylamine groups is 2. The van der Waals surface area contributed by atoms with Crippen LogP contribution in [-0.2, 0) is 14.3 Å². The second-order valence-electron chi connectivity index (χ2n) is 11.0. The van der Waals surface area contributed by atoms with Gasteiger partial charge in [0.25, 0.3) is 0 Å². The van der Waals surface area contributed by atoms with Crippen LogP contribution in [0.5, 0.6) is 0 Å². The number of halogens is 2. The van der Waals surface area contributed by atoms with E-state index in [9.17, 15) is 28.4 Å². The number of rotatable bonds is 11. The standard InChI is InChI=1S/C26H38F2N4O5/c1-26(2,3)24(29-25(35)18(15-32(36)16-33)12-17-6-4-5-7-17)23(34)19-13-20(27)21(28)14-22(19)30-31-8-10-37-11-9-31/h13-14,16-18,24,30,36H,4-12,15H2,1-3H3,(H,29,35)/t18-,24-/m1/s1. The first-order chi connectivity index (χ1) is 17.5. The van der Waals surface area contributed by atoms with Gasteiger partial charge in [-0.15, -0.1) is 0 Å². The third-order valence-corrected chi connectivity index (χ3v) is 7.02. The summed E-state index contributed by atoms with van der Waals surface area (Å²) in [7, 11) is 0. The molecular weight excluding hydrogens is 486 g/mol. The Hall–Kier alpha value is -2.63. The lowest BCUT2D eigenvalue weighted by atomic mass is 9.81. The van der Waals surface area contributed by atoms with Crippen LogP contribution in [0.3, 0.4) is 0 Å². The Morgan fingerprint density at radius 3 is 2.41 bits per heavy atom. The number of hydrogen-bond acceptors (Lipinski definition) is 7. The van der Waals surface area contributed by atoms with Gasteiger partial charge in [0.05, 0.1) is 37.4 Å². The Labute approximate surface area is 216 Å². The summed E-state index contributed by atoms with van der Waals surface area (Å²) < 4.78 is 33.8. The number of morpholine rings is 1. The van der Waals surface area contributed by atoms with Crippen molar-refractivity contribution in [3.8, 4) is 0 Å². The quantitative estimate of drug-likeness (QED) is 0.176. The number of ketones is 1. The van der Waals surface area contributed by atoms with Gasteiger partial charge >= 0.3 is 0 Å². The van der Waals surface area contributed by atoms with Crippen molar-refractivity contribution < 1.29 is 33.1 Å². The summed E-state index contributed by atoms with van der Waals surface area (Å²) in [5, 5.41) is 14.8. The Kier molecular flexibility index (Phi) is 9.97. The molecule has 0 unspecified atom stereocenters. The molecule has 1 aromatic rings. The fourth-order valence-electron chi connectivity index (χ4n) is 4.96. The summed E-state index contributed by atoms with van der Waals surface area (Å²) in [6.45, 7) is 6.97. The molecule has 2 fully saturated rings. The number of Topliss-reactive ketones (excluding diaryl/α,β-unsaturated/α-hetero) is 1. The molecule has 1 saturated heterocycles. The lowest BCUT2D eigenvalue weighted by Gasteiger charge is -2.34. The minimum atomic E-state index is -1.17. The van der Waals surface area contributed by atoms with E-state index in [-0.39, 0.29) is 30.1 Å². The molecule has 1 aromatic carbocycles. The van der Waals surface area contributed by atoms with E-state index in [0.29, 0.717) is 37.8 Å². The van der Waals surface area contributed by atoms with Crippen molar-refractivity contribution in [3.05, 3.63) is 29.3 Å². The van der Waals surface area contributed by atoms with Crippen LogP contribution < -0.4 is 10.7 Å². The topological polar surface area (TPSA) is 111 Å². The highest BCUT2D eigenvalue weighted by molar-refractivity contribution is 6.06. The van der Waals surface area contributed by atoms with Gasteiger partial charge in [-0.1, -0.05) is 46.5 Å². The zero-order valence-corrected chi connectivity index (χ0v) is 21.8. The molecule has 11 heteroatoms. The van der Waals surface area contributed by atoms with Crippen molar-refractivity contribution in [2.45, 2.75) is 58.9 Å². The third kappa shape index (κ3) is 7.93. The molecule has 1 aliphatic heterocycles. The Morgan fingerprint density at radius 1 is 1.19 bits per heavy atom. The number of anilines is 1. The molecular formula is C26H38F2N4O5. The van der Waals surface area contributed by atoms with Crippen LogP contribution in [0.25, 0.3) is 0 Å². The van der Waals surface area contributed by atoms with Crippen molar-refractivity contribution in [1.82, 2.24) is 15.4 Å². The van der Waals surface area contributed by atoms with Gasteiger partial charge in [0.15, 0.2) is 17.4 Å². The fraction of sp³-hybridized carbons (Fsp3) is 0.654. The normalized spacial score (nSPS) is 18.8. The Bertz CT molecular complexity index is 959. The van der Waals surface area contributed by atoms with Crippen LogP contribution in [0, 0.1) is 28.9 Å². The van der Waals surface area contributed by atoms with Gasteiger partial charge in [-0.05, 0) is 23.8 Å². The predicted octanol–water partition coefficient (Wildman–Crippen LogP) is 3.38. The number of ether oxygens (including phenoxy) is 1. The first-order valence-corrected chi connectivity index (χ1v) is 12.8. The second kappa shape index (κ2) is 12.7. The molecule has 0 bridgehead atoms. The number of nitrogens with one attached hydrogen (secondary N) is 2. The highest BCUT2D eigenvalue weighted by Crippen LogP contribution is 2.32. The van der Waals surface area contributed by atoms with Crippen molar-refractivity contribution in [2.75, 3.05) is 38.3 Å². The lowest BCUT2D eigenvalue weighted by Crippen LogP contribution is -2.52. The van der Waals surface area contributed by atoms with Crippen molar-refractivity contribution in [2.24, 2.45) is 17.3 Å². The Balaban J connectivity index is 1.87. The predicted molar refractivity (Wildman–Crippen MR) is 133 cm³/mol. The van der Waals surface area contributed by atoms with E-state index in [1.807, 2.05) is 0 Å². The van der Waals surface area contributed by atoms with Gasteiger partial charge in [0.1, 0.15) is 0 Å². The molecule has 1 saturated carbocycles. The number of hydrogen-bond donors (Lipinski definition) is 3. The maximum absolute atomic E-state index is 14.3. The van der Waals surface area contributed by atoms with Crippen molar-refractivity contribution in [3.63, 3.8) is 0 Å². The molecule has 3 N–H and O–H groups in total. The maximum atomic E-state index is 14.3. The van der Waals surface area contributed by atoms with Crippen molar-refractivity contribution in [1.29, 1.82) is 0 Å². The van der Waals surface area contributed by atoms with Gasteiger partial charge in [0, 0.05) is 24.7 Å². The van der Waals surface area contributed by atoms with Crippen LogP contribution in [-0.4, -0.2) is 72.3 Å². The molecule has 1 heterocycles. The van der Waals surface area contributed by atoms with Gasteiger partial charge in [-0.3, -0.25) is 19.6 Å². The molecule has 37 heavy (non-hydrogen) atoms. The van der Waals surface area contributed by atoms with E-state index in [2.05, 4.69) is 10.7 Å². The monoisotopic (exact) mass is 524 g/mol. The van der Waals surface area contributed by atoms with E-state index < -0.39 is 40.7 Å². The van der Waals surface area contributed by atoms with Crippen LogP contribution in [0.15, 0.2) is 12.1 Å². The number of carbonyl (C=O) groups excluding carboxylic acids is 3. The highest BCUT2D eigenvalue weighted by atomic mass is 19.2. The summed E-state index contributed by atoms with van der Waals surface area (Å²) in [6.07, 6.45) is 4.76. The molecule has 0 aromatic heterocycles. The number of nitrogens with zero attached hydrogens (tertiary/aromatic N) is 2. The van der Waals surface area contributed by atoms with Gasteiger partial charge in [0.2, 0.25) is 12.3 Å². The summed E-state index contributed by atoms with van der Waals surface area (Å²) in [5.74, 6) is -3.77. The van der Waals surface area contributed by atoms with E-state index in [4.69, 9.17) is 4.74 Å². The minimum Gasteiger partial charge on any atom is -0.379 e. The van der Waals surface area contributed by atoms with Crippen LogP contribution in [0.1, 0.15) is 63.2 Å². The summed E-state index contributed by atoms with van der Waals surface area (Å²) in [5.41, 5.74) is 2.22. The third-order valence-electron chi connectivity index (χ3n) is 7.02. The fourth-order valence-corrected chi connectivity index (χ4v) is 4.96. The van der Waals surface area contributed by atoms with Gasteiger partial charge in [-0.25, -0.2) is 18.9 Å². The highest BCUT2D eigenvalue weighted by Gasteiger charge is 2.37. The molecule has 2 atom stereocenters. The van der Waals surface area contributed by atoms with E-state index in [0.717, 1.165) is 37.8 Å². The van der Waals surface area contributed by atoms with Crippen LogP contribution in [0.4, 0.5) is 14.5 Å². The zero-order valence-electron chi connectivity index (χ0n) is 21.8. The van der Waals surface area contributed by atoms with Crippen LogP contribution in [0.2, 0.25) is 0 Å². The Morgan fingerprint density at radius 2 is 1.81 bits per heavy atom. The van der Waals surface area contributed by atoms with Gasteiger partial charge in [-0.2, -0.15) is 0 Å². The van der Waals surface area contributed by atoms with E-state index >= 15 is 0 Å². The SMILES string of the molecule is CC(C)(C)[C@H](NC(=O)[C@H](CC1CCCC1)CN(O)C=O)C(=O)c1cc(F)c(F)cc1NN1CCOCC1. The molecule has 1 aliphatic carbocycles. The smallest absolute Gasteiger partial charge is 0.233 e. The first-order valence-electron chi connectivity index (χ1n) is 12.8. The summed E-state index contributed by atoms with van der Waals surface area (Å²) in [4.78, 5) is 38.2. The molecule has 9 nitrogen and oxygen atoms in total. The number of carbonyl (C=O) groups is 3. The number of hydrazine groups is 1. The molecule has 3 rings (SSSR count). The first kappa shape index (κ1) is 28.9. The molecule has 2 aliphatic rings. The molecule has 0 radical (unpaired) electrons. The summed E-state index contributed by atoms with van der Waals surface area (Å²) >= 11 is 0. The van der Waals surface area contributed by atoms with E-state index in [1.165, 1.54) is 0 Å². The lowest BCUT2D eigenvalue weighted by molar-refractivity contribution is -0.155. The maximum Gasteiger partial charge on any atom is 0.233 e. The number of amides is 2. The van der Waals surface area contributed by atoms with E-state index in [1.54, 1.807) is 25.8 Å². The van der Waals surface area contributed by atoms with Crippen LogP contribution >= 0.6 is 0 Å². The molecule has 206 valence electrons. The minimum absolute atomic E-state index is 0.0883. The average Bonchev–Trinajstić information content (AvgIpc) is 3.36. The van der Waals surface area contributed by atoms with Gasteiger partial charge < -0.3 is 15.5 Å². The number of benzene rings is 1. The zero-order chi connectivity index (χ0) is 27.2. The summed E-state index contributed by atoms with van der Waals surface area (Å²) in [6, 6.07) is 0.712. The largest absolute Gasteiger partial charge is 0.379 e. The molecule has 2 amide bonds. The average molecular weight is 525 g/mol. The molecule has 0 spiro atoms. The second-order valence-corrected chi connectivity index (χ2v) is 11.0. The van der Waals surface area contributed by atoms with Crippen molar-refractivity contribution >= 4 is 23.8 Å².